The molecule has 1 heterocycles. The summed E-state index contributed by atoms with van der Waals surface area (Å²) < 4.78 is 6.35. The van der Waals surface area contributed by atoms with Gasteiger partial charge < -0.3 is 10.1 Å². The van der Waals surface area contributed by atoms with E-state index in [2.05, 4.69) is 33.2 Å². The Morgan fingerprint density at radius 3 is 2.94 bits per heavy atom. The molecule has 1 aromatic heterocycles. The van der Waals surface area contributed by atoms with Crippen LogP contribution < -0.4 is 10.1 Å². The molecule has 0 amide bonds. The Balaban J connectivity index is 2.42. The maximum absolute atomic E-state index is 5.29. The minimum atomic E-state index is 0.0967. The number of methoxy groups -OCH3 is 1. The van der Waals surface area contributed by atoms with Crippen LogP contribution >= 0.6 is 27.3 Å². The van der Waals surface area contributed by atoms with E-state index in [4.69, 9.17) is 4.74 Å². The van der Waals surface area contributed by atoms with Gasteiger partial charge in [0.2, 0.25) is 0 Å². The van der Waals surface area contributed by atoms with Gasteiger partial charge in [-0.15, -0.1) is 11.3 Å². The minimum absolute atomic E-state index is 0.0967. The first-order chi connectivity index (χ1) is 8.76. The average Bonchev–Trinajstić information content (AvgIpc) is 2.91. The third-order valence-electron chi connectivity index (χ3n) is 2.62. The molecule has 1 aromatic carbocycles. The maximum Gasteiger partial charge on any atom is 0.119 e. The molecule has 1 atom stereocenters. The van der Waals surface area contributed by atoms with Crippen LogP contribution in [0.5, 0.6) is 5.75 Å². The lowest BCUT2D eigenvalue weighted by atomic mass is 10.1. The van der Waals surface area contributed by atoms with Crippen molar-refractivity contribution in [1.29, 1.82) is 0 Å². The zero-order chi connectivity index (χ0) is 13.0. The number of nitrogens with zero attached hydrogens (tertiary/aromatic N) is 1. The number of nitrogens with one attached hydrogen (secondary N) is 1. The molecule has 3 nitrogen and oxygen atoms in total. The van der Waals surface area contributed by atoms with Gasteiger partial charge in [-0.2, -0.15) is 0 Å². The van der Waals surface area contributed by atoms with Crippen molar-refractivity contribution < 1.29 is 4.74 Å². The quantitative estimate of drug-likeness (QED) is 0.911. The highest BCUT2D eigenvalue weighted by molar-refractivity contribution is 9.10. The van der Waals surface area contributed by atoms with Gasteiger partial charge in [-0.05, 0) is 30.3 Å². The molecule has 0 aliphatic carbocycles. The van der Waals surface area contributed by atoms with E-state index in [-0.39, 0.29) is 6.04 Å². The van der Waals surface area contributed by atoms with Gasteiger partial charge in [-0.3, -0.25) is 0 Å². The SMILES string of the molecule is CCNC(c1nccs1)c1cc(OC)ccc1Br. The molecule has 0 saturated carbocycles. The number of halogens is 1. The zero-order valence-corrected chi connectivity index (χ0v) is 12.7. The molecular weight excluding hydrogens is 312 g/mol. The maximum atomic E-state index is 5.29. The first-order valence-electron chi connectivity index (χ1n) is 5.72. The molecule has 0 spiro atoms. The van der Waals surface area contributed by atoms with Crippen molar-refractivity contribution in [2.75, 3.05) is 13.7 Å². The Morgan fingerprint density at radius 1 is 1.50 bits per heavy atom. The van der Waals surface area contributed by atoms with Crippen molar-refractivity contribution in [3.63, 3.8) is 0 Å². The largest absolute Gasteiger partial charge is 0.497 e. The summed E-state index contributed by atoms with van der Waals surface area (Å²) in [6.07, 6.45) is 1.83. The molecule has 96 valence electrons. The topological polar surface area (TPSA) is 34.2 Å². The van der Waals surface area contributed by atoms with Crippen LogP contribution in [-0.2, 0) is 0 Å². The molecule has 0 bridgehead atoms. The molecule has 1 N–H and O–H groups in total. The van der Waals surface area contributed by atoms with E-state index in [0.29, 0.717) is 0 Å². The number of aromatic nitrogens is 1. The number of hydrogen-bond acceptors (Lipinski definition) is 4. The Labute approximate surface area is 119 Å². The van der Waals surface area contributed by atoms with Gasteiger partial charge in [0.05, 0.1) is 13.2 Å². The summed E-state index contributed by atoms with van der Waals surface area (Å²) in [5.41, 5.74) is 1.14. The van der Waals surface area contributed by atoms with Gasteiger partial charge >= 0.3 is 0 Å². The molecule has 1 unspecified atom stereocenters. The number of hydrogen-bond donors (Lipinski definition) is 1. The second kappa shape index (κ2) is 6.31. The first-order valence-corrected chi connectivity index (χ1v) is 7.39. The summed E-state index contributed by atoms with van der Waals surface area (Å²) in [4.78, 5) is 4.40. The number of ether oxygens (including phenoxy) is 1. The molecule has 0 aliphatic rings. The van der Waals surface area contributed by atoms with Gasteiger partial charge in [0.25, 0.3) is 0 Å². The van der Waals surface area contributed by atoms with Crippen molar-refractivity contribution in [3.05, 3.63) is 44.8 Å². The molecule has 0 fully saturated rings. The van der Waals surface area contributed by atoms with Crippen LogP contribution in [0.1, 0.15) is 23.5 Å². The molecule has 2 rings (SSSR count). The van der Waals surface area contributed by atoms with Gasteiger partial charge in [0, 0.05) is 16.0 Å². The smallest absolute Gasteiger partial charge is 0.119 e. The highest BCUT2D eigenvalue weighted by Gasteiger charge is 2.18. The second-order valence-corrected chi connectivity index (χ2v) is 5.53. The lowest BCUT2D eigenvalue weighted by Gasteiger charge is -2.18. The van der Waals surface area contributed by atoms with E-state index in [9.17, 15) is 0 Å². The number of rotatable bonds is 5. The summed E-state index contributed by atoms with van der Waals surface area (Å²) >= 11 is 5.25. The van der Waals surface area contributed by atoms with Gasteiger partial charge in [-0.25, -0.2) is 4.98 Å². The monoisotopic (exact) mass is 326 g/mol. The van der Waals surface area contributed by atoms with Crippen LogP contribution in [0.2, 0.25) is 0 Å². The van der Waals surface area contributed by atoms with E-state index in [1.807, 2.05) is 29.8 Å². The zero-order valence-electron chi connectivity index (χ0n) is 10.3. The Morgan fingerprint density at radius 2 is 2.33 bits per heavy atom. The van der Waals surface area contributed by atoms with E-state index in [0.717, 1.165) is 27.3 Å². The van der Waals surface area contributed by atoms with Gasteiger partial charge in [0.1, 0.15) is 10.8 Å². The summed E-state index contributed by atoms with van der Waals surface area (Å²) in [6, 6.07) is 6.09. The van der Waals surface area contributed by atoms with E-state index in [1.54, 1.807) is 18.4 Å². The van der Waals surface area contributed by atoms with Crippen LogP contribution in [-0.4, -0.2) is 18.6 Å². The summed E-state index contributed by atoms with van der Waals surface area (Å²) in [6.45, 7) is 2.97. The fraction of sp³-hybridized carbons (Fsp3) is 0.308. The number of thiazole rings is 1. The number of benzene rings is 1. The highest BCUT2D eigenvalue weighted by Crippen LogP contribution is 2.32. The predicted molar refractivity (Wildman–Crippen MR) is 78.3 cm³/mol. The lowest BCUT2D eigenvalue weighted by Crippen LogP contribution is -2.22. The third kappa shape index (κ3) is 2.91. The Kier molecular flexibility index (Phi) is 4.74. The standard InChI is InChI=1S/C13H15BrN2OS/c1-3-15-12(13-16-6-7-18-13)10-8-9(17-2)4-5-11(10)14/h4-8,12,15H,3H2,1-2H3. The Bertz CT molecular complexity index is 502. The summed E-state index contributed by atoms with van der Waals surface area (Å²) in [5, 5.41) is 6.51. The van der Waals surface area contributed by atoms with Crippen molar-refractivity contribution >= 4 is 27.3 Å². The third-order valence-corrected chi connectivity index (χ3v) is 4.18. The van der Waals surface area contributed by atoms with Crippen LogP contribution in [0.3, 0.4) is 0 Å². The molecule has 18 heavy (non-hydrogen) atoms. The fourth-order valence-corrected chi connectivity index (χ4v) is 2.99. The van der Waals surface area contributed by atoms with Gasteiger partial charge in [-0.1, -0.05) is 22.9 Å². The molecule has 0 saturated heterocycles. The van der Waals surface area contributed by atoms with Crippen LogP contribution in [0.15, 0.2) is 34.2 Å². The van der Waals surface area contributed by atoms with E-state index < -0.39 is 0 Å². The predicted octanol–water partition coefficient (Wildman–Crippen LogP) is 3.61. The molecule has 5 heteroatoms. The molecule has 0 radical (unpaired) electrons. The fourth-order valence-electron chi connectivity index (χ4n) is 1.78. The lowest BCUT2D eigenvalue weighted by molar-refractivity contribution is 0.413. The van der Waals surface area contributed by atoms with Crippen LogP contribution in [0.4, 0.5) is 0 Å². The second-order valence-electron chi connectivity index (χ2n) is 3.75. The first kappa shape index (κ1) is 13.5. The van der Waals surface area contributed by atoms with E-state index >= 15 is 0 Å². The van der Waals surface area contributed by atoms with Crippen molar-refractivity contribution in [1.82, 2.24) is 10.3 Å². The van der Waals surface area contributed by atoms with Crippen LogP contribution in [0.25, 0.3) is 0 Å². The summed E-state index contributed by atoms with van der Waals surface area (Å²) in [5.74, 6) is 0.854. The van der Waals surface area contributed by atoms with Crippen LogP contribution in [0, 0.1) is 0 Å². The van der Waals surface area contributed by atoms with E-state index in [1.165, 1.54) is 0 Å². The minimum Gasteiger partial charge on any atom is -0.497 e. The van der Waals surface area contributed by atoms with Gasteiger partial charge in [0.15, 0.2) is 0 Å². The Hall–Kier alpha value is -0.910. The van der Waals surface area contributed by atoms with Crippen molar-refractivity contribution in [2.45, 2.75) is 13.0 Å². The van der Waals surface area contributed by atoms with Crippen molar-refractivity contribution in [3.8, 4) is 5.75 Å². The molecular formula is C13H15BrN2OS. The summed E-state index contributed by atoms with van der Waals surface area (Å²) in [7, 11) is 1.68. The normalized spacial score (nSPS) is 12.4. The van der Waals surface area contributed by atoms with Crippen molar-refractivity contribution in [2.24, 2.45) is 0 Å². The molecule has 0 aliphatic heterocycles. The highest BCUT2D eigenvalue weighted by atomic mass is 79.9. The average molecular weight is 327 g/mol. The molecule has 2 aromatic rings.